The summed E-state index contributed by atoms with van der Waals surface area (Å²) in [6.07, 6.45) is 4.51. The summed E-state index contributed by atoms with van der Waals surface area (Å²) in [5, 5.41) is 7.08. The highest BCUT2D eigenvalue weighted by molar-refractivity contribution is 7.09. The lowest BCUT2D eigenvalue weighted by atomic mass is 9.96. The van der Waals surface area contributed by atoms with Gasteiger partial charge < -0.3 is 10.3 Å². The molecule has 0 aliphatic heterocycles. The van der Waals surface area contributed by atoms with E-state index in [1.807, 2.05) is 19.2 Å². The van der Waals surface area contributed by atoms with Crippen molar-refractivity contribution in [1.82, 2.24) is 10.1 Å². The van der Waals surface area contributed by atoms with Gasteiger partial charge in [-0.1, -0.05) is 18.5 Å². The molecular weight excluding hydrogens is 298 g/mol. The number of carbonyl (C=O) groups excluding carboxylic acids is 1. The van der Waals surface area contributed by atoms with E-state index in [9.17, 15) is 4.79 Å². The largest absolute Gasteiger partial charge is 0.369 e. The summed E-state index contributed by atoms with van der Waals surface area (Å²) in [5.74, 6) is 0.607. The monoisotopic (exact) mass is 321 g/mol. The zero-order valence-electron chi connectivity index (χ0n) is 13.4. The minimum absolute atomic E-state index is 0.00741. The number of hydrogen-bond acceptors (Lipinski definition) is 5. The lowest BCUT2D eigenvalue weighted by Gasteiger charge is -2.10. The molecule has 22 heavy (non-hydrogen) atoms. The van der Waals surface area contributed by atoms with Gasteiger partial charge in [-0.25, -0.2) is 4.98 Å². The van der Waals surface area contributed by atoms with Crippen molar-refractivity contribution < 1.29 is 9.32 Å². The van der Waals surface area contributed by atoms with E-state index in [0.717, 1.165) is 59.8 Å². The number of aromatic nitrogens is 2. The van der Waals surface area contributed by atoms with Gasteiger partial charge in [0.2, 0.25) is 5.91 Å². The van der Waals surface area contributed by atoms with E-state index >= 15 is 0 Å². The van der Waals surface area contributed by atoms with Crippen LogP contribution in [-0.2, 0) is 11.2 Å². The van der Waals surface area contributed by atoms with Crippen molar-refractivity contribution in [2.45, 2.75) is 52.9 Å². The zero-order valence-corrected chi connectivity index (χ0v) is 14.2. The fourth-order valence-electron chi connectivity index (χ4n) is 2.67. The molecule has 0 saturated heterocycles. The third kappa shape index (κ3) is 3.94. The van der Waals surface area contributed by atoms with Gasteiger partial charge in [-0.3, -0.25) is 4.79 Å². The highest BCUT2D eigenvalue weighted by Crippen LogP contribution is 2.28. The first-order chi connectivity index (χ1) is 10.5. The highest BCUT2D eigenvalue weighted by Gasteiger charge is 2.16. The number of primary amides is 1. The number of hydrogen-bond donors (Lipinski definition) is 1. The van der Waals surface area contributed by atoms with Crippen LogP contribution in [0, 0.1) is 19.8 Å². The molecule has 5 nitrogen and oxygen atoms in total. The van der Waals surface area contributed by atoms with Crippen LogP contribution < -0.4 is 5.73 Å². The molecule has 0 spiro atoms. The molecule has 0 aliphatic rings. The van der Waals surface area contributed by atoms with Crippen LogP contribution in [0.25, 0.3) is 11.3 Å². The lowest BCUT2D eigenvalue weighted by Crippen LogP contribution is -2.23. The predicted molar refractivity (Wildman–Crippen MR) is 87.6 cm³/mol. The zero-order chi connectivity index (χ0) is 16.1. The van der Waals surface area contributed by atoms with Crippen molar-refractivity contribution in [2.75, 3.05) is 0 Å². The summed E-state index contributed by atoms with van der Waals surface area (Å²) >= 11 is 1.64. The Balaban J connectivity index is 1.94. The average molecular weight is 321 g/mol. The van der Waals surface area contributed by atoms with Crippen molar-refractivity contribution in [1.29, 1.82) is 0 Å². The van der Waals surface area contributed by atoms with Gasteiger partial charge in [-0.2, -0.15) is 0 Å². The fraction of sp³-hybridized carbons (Fsp3) is 0.562. The van der Waals surface area contributed by atoms with Crippen LogP contribution in [0.4, 0.5) is 0 Å². The normalized spacial score (nSPS) is 12.5. The minimum atomic E-state index is -0.183. The first-order valence-electron chi connectivity index (χ1n) is 7.69. The molecule has 0 bridgehead atoms. The number of aryl methyl sites for hydroxylation is 3. The maximum Gasteiger partial charge on any atom is 0.220 e. The summed E-state index contributed by atoms with van der Waals surface area (Å²) < 4.78 is 5.19. The molecule has 2 aromatic heterocycles. The van der Waals surface area contributed by atoms with Gasteiger partial charge in [0.1, 0.15) is 5.76 Å². The summed E-state index contributed by atoms with van der Waals surface area (Å²) in [6, 6.07) is 0. The number of rotatable bonds is 8. The van der Waals surface area contributed by atoms with Gasteiger partial charge in [-0.15, -0.1) is 11.3 Å². The van der Waals surface area contributed by atoms with Gasteiger partial charge in [0.15, 0.2) is 0 Å². The Bertz CT molecular complexity index is 614. The molecule has 2 heterocycles. The summed E-state index contributed by atoms with van der Waals surface area (Å²) in [5.41, 5.74) is 8.22. The Morgan fingerprint density at radius 1 is 1.41 bits per heavy atom. The first kappa shape index (κ1) is 16.7. The topological polar surface area (TPSA) is 82.0 Å². The Labute approximate surface area is 134 Å². The van der Waals surface area contributed by atoms with Crippen LogP contribution in [0.5, 0.6) is 0 Å². The number of nitrogens with zero attached hydrogens (tertiary/aromatic N) is 2. The Kier molecular flexibility index (Phi) is 5.71. The Morgan fingerprint density at radius 3 is 2.77 bits per heavy atom. The Morgan fingerprint density at radius 2 is 2.18 bits per heavy atom. The molecular formula is C16H23N3O2S. The van der Waals surface area contributed by atoms with E-state index < -0.39 is 0 Å². The van der Waals surface area contributed by atoms with Crippen molar-refractivity contribution in [3.05, 3.63) is 21.8 Å². The van der Waals surface area contributed by atoms with E-state index in [1.54, 1.807) is 11.3 Å². The third-order valence-electron chi connectivity index (χ3n) is 3.82. The molecule has 0 fully saturated rings. The second-order valence-electron chi connectivity index (χ2n) is 5.61. The van der Waals surface area contributed by atoms with Crippen molar-refractivity contribution in [3.63, 3.8) is 0 Å². The summed E-state index contributed by atoms with van der Waals surface area (Å²) in [6.45, 7) is 5.90. The number of amides is 1. The van der Waals surface area contributed by atoms with E-state index in [1.165, 1.54) is 0 Å². The van der Waals surface area contributed by atoms with Gasteiger partial charge in [0, 0.05) is 11.3 Å². The summed E-state index contributed by atoms with van der Waals surface area (Å²) in [4.78, 5) is 16.0. The molecule has 0 radical (unpaired) electrons. The van der Waals surface area contributed by atoms with Crippen molar-refractivity contribution in [2.24, 2.45) is 11.7 Å². The molecule has 6 heteroatoms. The van der Waals surface area contributed by atoms with E-state index in [4.69, 9.17) is 10.3 Å². The maximum absolute atomic E-state index is 11.4. The van der Waals surface area contributed by atoms with E-state index in [-0.39, 0.29) is 11.8 Å². The summed E-state index contributed by atoms with van der Waals surface area (Å²) in [7, 11) is 0. The van der Waals surface area contributed by atoms with Gasteiger partial charge in [0.05, 0.1) is 22.0 Å². The van der Waals surface area contributed by atoms with Crippen molar-refractivity contribution in [3.8, 4) is 11.3 Å². The number of thiazole rings is 1. The second kappa shape index (κ2) is 7.54. The van der Waals surface area contributed by atoms with Crippen LogP contribution in [0.3, 0.4) is 0 Å². The quantitative estimate of drug-likeness (QED) is 0.804. The molecule has 2 N–H and O–H groups in total. The molecule has 2 rings (SSSR count). The smallest absolute Gasteiger partial charge is 0.220 e. The van der Waals surface area contributed by atoms with Crippen LogP contribution in [0.2, 0.25) is 0 Å². The van der Waals surface area contributed by atoms with Crippen LogP contribution in [0.1, 0.15) is 49.1 Å². The van der Waals surface area contributed by atoms with E-state index in [2.05, 4.69) is 17.1 Å². The molecule has 1 amide bonds. The maximum atomic E-state index is 11.4. The Hall–Kier alpha value is -1.69. The first-order valence-corrected chi connectivity index (χ1v) is 8.57. The molecule has 0 aliphatic carbocycles. The highest BCUT2D eigenvalue weighted by atomic mass is 32.1. The van der Waals surface area contributed by atoms with Crippen LogP contribution in [-0.4, -0.2) is 16.0 Å². The molecule has 2 aromatic rings. The van der Waals surface area contributed by atoms with Gasteiger partial charge in [-0.05, 0) is 39.5 Å². The molecule has 120 valence electrons. The van der Waals surface area contributed by atoms with Crippen LogP contribution >= 0.6 is 11.3 Å². The van der Waals surface area contributed by atoms with Crippen LogP contribution in [0.15, 0.2) is 9.90 Å². The molecule has 0 aromatic carbocycles. The standard InChI is InChI=1S/C16H23N3O2S/c1-4-6-12(16(17)20)7-5-8-14-18-13(9-22-14)15-10(2)19-21-11(15)3/h9,12H,4-8H2,1-3H3,(H2,17,20). The third-order valence-corrected chi connectivity index (χ3v) is 4.73. The second-order valence-corrected chi connectivity index (χ2v) is 6.55. The number of carbonyl (C=O) groups is 1. The van der Waals surface area contributed by atoms with Crippen molar-refractivity contribution >= 4 is 17.2 Å². The van der Waals surface area contributed by atoms with Gasteiger partial charge in [0.25, 0.3) is 0 Å². The molecule has 0 saturated carbocycles. The minimum Gasteiger partial charge on any atom is -0.369 e. The number of nitrogens with two attached hydrogens (primary N) is 1. The molecule has 1 atom stereocenters. The average Bonchev–Trinajstić information content (AvgIpc) is 3.04. The lowest BCUT2D eigenvalue weighted by molar-refractivity contribution is -0.122. The van der Waals surface area contributed by atoms with E-state index in [0.29, 0.717) is 0 Å². The fourth-order valence-corrected chi connectivity index (χ4v) is 3.50. The SMILES string of the molecule is CCCC(CCCc1nc(-c2c(C)noc2C)cs1)C(N)=O. The van der Waals surface area contributed by atoms with Gasteiger partial charge >= 0.3 is 0 Å². The predicted octanol–water partition coefficient (Wildman–Crippen LogP) is 3.64. The molecule has 1 unspecified atom stereocenters.